The number of rotatable bonds is 33. The number of unbranched alkanes of at least 4 members (excludes halogenated alkanes) is 3. The number of piperidine rings is 1. The topological polar surface area (TPSA) is 281 Å². The number of sulfone groups is 1. The number of hydrogen-bond acceptors (Lipinski definition) is 19. The van der Waals surface area contributed by atoms with E-state index in [2.05, 4.69) is 62.0 Å². The molecule has 4 heterocycles. The number of amides is 6. The van der Waals surface area contributed by atoms with Crippen LogP contribution in [0.1, 0.15) is 127 Å². The minimum Gasteiger partial charge on any atom is -0.382 e. The van der Waals surface area contributed by atoms with Gasteiger partial charge in [-0.1, -0.05) is 85.5 Å². The van der Waals surface area contributed by atoms with Crippen LogP contribution in [-0.4, -0.2) is 178 Å². The number of imide groups is 2. The van der Waals surface area contributed by atoms with Crippen LogP contribution in [0.4, 0.5) is 30.2 Å². The molecule has 101 heavy (non-hydrogen) atoms. The van der Waals surface area contributed by atoms with Crippen LogP contribution in [0, 0.1) is 5.41 Å². The van der Waals surface area contributed by atoms with Crippen LogP contribution >= 0.6 is 23.4 Å². The van der Waals surface area contributed by atoms with Crippen LogP contribution in [0.3, 0.4) is 0 Å². The van der Waals surface area contributed by atoms with Gasteiger partial charge in [-0.15, -0.1) is 16.9 Å². The van der Waals surface area contributed by atoms with E-state index in [0.717, 1.165) is 85.8 Å². The van der Waals surface area contributed by atoms with E-state index in [1.165, 1.54) is 51.6 Å². The van der Waals surface area contributed by atoms with Crippen molar-refractivity contribution in [3.63, 3.8) is 0 Å². The van der Waals surface area contributed by atoms with Gasteiger partial charge in [0, 0.05) is 111 Å². The third kappa shape index (κ3) is 19.7. The Morgan fingerprint density at radius 3 is 2.30 bits per heavy atom. The maximum atomic E-state index is 14.5. The molecule has 5 aromatic carbocycles. The molecule has 0 saturated carbocycles. The lowest BCUT2D eigenvalue weighted by molar-refractivity contribution is -0.136. The first kappa shape index (κ1) is 75.5. The fourth-order valence-corrected chi connectivity index (χ4v) is 15.9. The Bertz CT molecular complexity index is 4230. The van der Waals surface area contributed by atoms with E-state index in [0.29, 0.717) is 55.1 Å². The van der Waals surface area contributed by atoms with Gasteiger partial charge in [-0.05, 0) is 140 Å². The molecule has 30 heteroatoms. The second-order valence-corrected chi connectivity index (χ2v) is 31.4. The third-order valence-corrected chi connectivity index (χ3v) is 22.6. The first-order valence-electron chi connectivity index (χ1n) is 33.6. The molecule has 6 amide bonds. The van der Waals surface area contributed by atoms with Crippen LogP contribution in [0.15, 0.2) is 142 Å². The lowest BCUT2D eigenvalue weighted by Crippen LogP contribution is -2.54. The van der Waals surface area contributed by atoms with Crippen molar-refractivity contribution < 1.29 is 68.2 Å². The number of sulfonamides is 1. The standard InChI is InChI=1S/C71H83ClF3N11O12S3/c1-70(2)31-29-57(48-17-21-51(72)22-18-48)50(43-70)44-83-35-37-84(38-36-83)54-23-19-49(20-24-54)66(89)80-101(95,96)56-25-26-59(62(42-56)100(93,94)71(73,74)75)77-52(47-99-55-12-7-6-8-13-55)30-34-82(3)64(88)16-9-4-5-10-33-85-45-53(79-81-85)46-98-41-40-97-39-32-76-60-15-11-14-58-65(60)69(92)86(68(58)91)61-27-28-63(87)78-67(61)90/h6-8,11-15,17-26,42,45,52,61,76-77H,4-5,9-10,16,27-41,43-44,46-47H2,1-3H3,(H,80,89)(H,78,87,90). The number of carbonyl (C=O) groups excluding carboxylic acids is 6. The number of aryl methyl sites for hydroxylation is 1. The smallest absolute Gasteiger partial charge is 0.382 e. The number of thioether (sulfide) groups is 1. The summed E-state index contributed by atoms with van der Waals surface area (Å²) in [7, 11) is -9.54. The van der Waals surface area contributed by atoms with Gasteiger partial charge in [-0.2, -0.15) is 13.2 Å². The number of benzene rings is 5. The lowest BCUT2D eigenvalue weighted by atomic mass is 9.73. The zero-order valence-electron chi connectivity index (χ0n) is 56.4. The van der Waals surface area contributed by atoms with Gasteiger partial charge in [0.15, 0.2) is 0 Å². The highest BCUT2D eigenvalue weighted by Crippen LogP contribution is 2.43. The maximum absolute atomic E-state index is 14.5. The zero-order valence-corrected chi connectivity index (χ0v) is 59.6. The highest BCUT2D eigenvalue weighted by molar-refractivity contribution is 7.99. The number of alkyl halides is 3. The van der Waals surface area contributed by atoms with Gasteiger partial charge in [-0.25, -0.2) is 21.6 Å². The largest absolute Gasteiger partial charge is 0.501 e. The summed E-state index contributed by atoms with van der Waals surface area (Å²) in [5.74, 6) is -3.38. The molecule has 4 aliphatic rings. The summed E-state index contributed by atoms with van der Waals surface area (Å²) in [5.41, 5.74) is -0.0427. The van der Waals surface area contributed by atoms with Crippen LogP contribution < -0.4 is 25.6 Å². The average molecular weight is 1470 g/mol. The van der Waals surface area contributed by atoms with Crippen LogP contribution in [0.5, 0.6) is 0 Å². The van der Waals surface area contributed by atoms with Crippen molar-refractivity contribution >= 4 is 101 Å². The minimum absolute atomic E-state index is 0.0224. The number of fused-ring (bicyclic) bond motifs is 1. The number of halogens is 4. The summed E-state index contributed by atoms with van der Waals surface area (Å²) in [6.07, 6.45) is 8.17. The summed E-state index contributed by atoms with van der Waals surface area (Å²) in [6.45, 7) is 10.4. The molecule has 3 aliphatic heterocycles. The third-order valence-electron chi connectivity index (χ3n) is 18.3. The molecule has 0 bridgehead atoms. The minimum atomic E-state index is -6.19. The first-order chi connectivity index (χ1) is 48.2. The predicted molar refractivity (Wildman–Crippen MR) is 377 cm³/mol. The number of allylic oxidation sites excluding steroid dienone is 1. The molecule has 1 aliphatic carbocycles. The fraction of sp³-hybridized carbons (Fsp3) is 0.437. The van der Waals surface area contributed by atoms with Gasteiger partial charge in [0.2, 0.25) is 17.7 Å². The monoisotopic (exact) mass is 1470 g/mol. The van der Waals surface area contributed by atoms with Crippen molar-refractivity contribution in [2.45, 2.75) is 130 Å². The predicted octanol–water partition coefficient (Wildman–Crippen LogP) is 10.2. The number of carbonyl (C=O) groups is 6. The number of piperazine rings is 1. The molecule has 1 aromatic heterocycles. The Morgan fingerprint density at radius 2 is 1.56 bits per heavy atom. The molecule has 540 valence electrons. The number of nitrogens with zero attached hydrogens (tertiary/aromatic N) is 7. The zero-order chi connectivity index (χ0) is 72.1. The normalized spacial score (nSPS) is 17.0. The van der Waals surface area contributed by atoms with Gasteiger partial charge in [0.05, 0.1) is 54.3 Å². The van der Waals surface area contributed by atoms with E-state index in [1.54, 1.807) is 42.2 Å². The van der Waals surface area contributed by atoms with E-state index in [-0.39, 0.29) is 92.4 Å². The molecule has 0 radical (unpaired) electrons. The van der Waals surface area contributed by atoms with Crippen molar-refractivity contribution in [2.75, 3.05) is 94.0 Å². The van der Waals surface area contributed by atoms with Crippen molar-refractivity contribution in [1.82, 2.24) is 39.7 Å². The van der Waals surface area contributed by atoms with Gasteiger partial charge in [0.25, 0.3) is 37.6 Å². The Morgan fingerprint density at radius 1 is 0.832 bits per heavy atom. The van der Waals surface area contributed by atoms with Crippen LogP contribution in [0.2, 0.25) is 5.02 Å². The second kappa shape index (κ2) is 33.7. The Labute approximate surface area is 595 Å². The molecule has 2 saturated heterocycles. The second-order valence-electron chi connectivity index (χ2n) is 26.3. The van der Waals surface area contributed by atoms with Crippen molar-refractivity contribution in [2.24, 2.45) is 5.41 Å². The number of anilines is 3. The van der Waals surface area contributed by atoms with Gasteiger partial charge in [-0.3, -0.25) is 48.6 Å². The lowest BCUT2D eigenvalue weighted by Gasteiger charge is -2.39. The molecule has 10 rings (SSSR count). The highest BCUT2D eigenvalue weighted by Gasteiger charge is 2.49. The highest BCUT2D eigenvalue weighted by atomic mass is 35.5. The maximum Gasteiger partial charge on any atom is 0.501 e. The Hall–Kier alpha value is -8.19. The summed E-state index contributed by atoms with van der Waals surface area (Å²) in [4.78, 5) is 83.2. The summed E-state index contributed by atoms with van der Waals surface area (Å²) < 4.78 is 113. The molecule has 23 nitrogen and oxygen atoms in total. The molecule has 2 atom stereocenters. The van der Waals surface area contributed by atoms with Gasteiger partial charge >= 0.3 is 5.51 Å². The first-order valence-corrected chi connectivity index (χ1v) is 37.9. The van der Waals surface area contributed by atoms with Gasteiger partial charge < -0.3 is 29.9 Å². The van der Waals surface area contributed by atoms with E-state index in [9.17, 15) is 58.8 Å². The molecule has 0 spiro atoms. The van der Waals surface area contributed by atoms with E-state index in [4.69, 9.17) is 21.1 Å². The quantitative estimate of drug-likeness (QED) is 0.0169. The van der Waals surface area contributed by atoms with Crippen LogP contribution in [0.25, 0.3) is 5.57 Å². The summed E-state index contributed by atoms with van der Waals surface area (Å²) in [6, 6.07) is 28.7. The van der Waals surface area contributed by atoms with Crippen molar-refractivity contribution in [3.05, 3.63) is 160 Å². The van der Waals surface area contributed by atoms with E-state index in [1.807, 2.05) is 47.2 Å². The molecule has 6 aromatic rings. The summed E-state index contributed by atoms with van der Waals surface area (Å²) in [5, 5.41) is 17.3. The number of ether oxygens (including phenoxy) is 2. The van der Waals surface area contributed by atoms with Crippen LogP contribution in [-0.2, 0) is 56.9 Å². The van der Waals surface area contributed by atoms with Gasteiger partial charge in [0.1, 0.15) is 16.6 Å². The number of hydrogen-bond donors (Lipinski definition) is 4. The molecular formula is C71H83ClF3N11O12S3. The van der Waals surface area contributed by atoms with Crippen molar-refractivity contribution in [1.29, 1.82) is 0 Å². The fourth-order valence-electron chi connectivity index (χ4n) is 12.7. The van der Waals surface area contributed by atoms with E-state index >= 15 is 0 Å². The SMILES string of the molecule is CN(CCC(CSc1ccccc1)Nc1ccc(S(=O)(=O)NC(=O)c2ccc(N3CCN(CC4=C(c5ccc(Cl)cc5)CCC(C)(C)C4)CC3)cc2)cc1S(=O)(=O)C(F)(F)F)C(=O)CCCCCCn1cc(COCCOCCNc2cccc3c2C(=O)N(C2CCC(=O)NC2=O)C3=O)nn1. The Kier molecular flexibility index (Phi) is 25.2. The number of nitrogens with one attached hydrogen (secondary N) is 4. The van der Waals surface area contributed by atoms with E-state index < -0.39 is 82.5 Å². The molecular weight excluding hydrogens is 1390 g/mol. The Balaban J connectivity index is 0.653. The molecule has 4 N–H and O–H groups in total. The number of aromatic nitrogens is 3. The molecule has 2 fully saturated rings. The average Bonchev–Trinajstić information content (AvgIpc) is 1.70. The van der Waals surface area contributed by atoms with Crippen molar-refractivity contribution in [3.8, 4) is 0 Å². The summed E-state index contributed by atoms with van der Waals surface area (Å²) >= 11 is 7.56. The molecule has 2 unspecified atom stereocenters.